The lowest BCUT2D eigenvalue weighted by molar-refractivity contribution is 0.0474. The number of esters is 1. The minimum atomic E-state index is -0.584. The fourth-order valence-corrected chi connectivity index (χ4v) is 2.28. The van der Waals surface area contributed by atoms with Crippen LogP contribution in [0.3, 0.4) is 0 Å². The van der Waals surface area contributed by atoms with E-state index in [2.05, 4.69) is 0 Å². The molecule has 0 atom stereocenters. The van der Waals surface area contributed by atoms with Crippen molar-refractivity contribution in [1.82, 2.24) is 0 Å². The third-order valence-electron chi connectivity index (χ3n) is 3.69. The fourth-order valence-electron chi connectivity index (χ4n) is 2.28. The summed E-state index contributed by atoms with van der Waals surface area (Å²) >= 11 is 0. The van der Waals surface area contributed by atoms with Gasteiger partial charge in [0, 0.05) is 5.56 Å². The van der Waals surface area contributed by atoms with Gasteiger partial charge in [-0.2, -0.15) is 0 Å². The number of ketones is 1. The second-order valence-electron chi connectivity index (χ2n) is 6.30. The van der Waals surface area contributed by atoms with Crippen LogP contribution in [-0.2, 0) is 4.74 Å². The van der Waals surface area contributed by atoms with Crippen LogP contribution in [0.15, 0.2) is 42.5 Å². The van der Waals surface area contributed by atoms with Crippen LogP contribution in [-0.4, -0.2) is 39.2 Å². The van der Waals surface area contributed by atoms with Gasteiger partial charge in [-0.05, 0) is 42.3 Å². The van der Waals surface area contributed by atoms with E-state index in [0.717, 1.165) is 0 Å². The molecule has 0 heterocycles. The Balaban J connectivity index is 1.99. The number of ether oxygens (including phenoxy) is 4. The predicted molar refractivity (Wildman–Crippen MR) is 101 cm³/mol. The summed E-state index contributed by atoms with van der Waals surface area (Å²) < 4.78 is 21.1. The van der Waals surface area contributed by atoms with Crippen LogP contribution < -0.4 is 14.2 Å². The third-order valence-corrected chi connectivity index (χ3v) is 3.69. The largest absolute Gasteiger partial charge is 0.493 e. The highest BCUT2D eigenvalue weighted by Crippen LogP contribution is 2.27. The lowest BCUT2D eigenvalue weighted by Gasteiger charge is -2.10. The van der Waals surface area contributed by atoms with Crippen LogP contribution in [0.2, 0.25) is 0 Å². The second kappa shape index (κ2) is 9.62. The highest BCUT2D eigenvalue weighted by molar-refractivity contribution is 5.99. The molecule has 0 saturated heterocycles. The first-order chi connectivity index (χ1) is 12.9. The number of carbonyl (C=O) groups is 2. The zero-order valence-corrected chi connectivity index (χ0v) is 16.0. The zero-order valence-electron chi connectivity index (χ0n) is 16.0. The standard InChI is InChI=1S/C21H24O6/c1-14(2)12-26-17-7-5-6-16(10-17)21(23)27-13-18(22)15-8-9-19(24-3)20(11-15)25-4/h5-11,14H,12-13H2,1-4H3. The van der Waals surface area contributed by atoms with Gasteiger partial charge in [0.05, 0.1) is 26.4 Å². The Kier molecular flexibility index (Phi) is 7.23. The Morgan fingerprint density at radius 3 is 2.33 bits per heavy atom. The summed E-state index contributed by atoms with van der Waals surface area (Å²) in [6.07, 6.45) is 0. The van der Waals surface area contributed by atoms with Crippen molar-refractivity contribution in [2.24, 2.45) is 5.92 Å². The molecule has 144 valence electrons. The van der Waals surface area contributed by atoms with Crippen molar-refractivity contribution < 1.29 is 28.5 Å². The highest BCUT2D eigenvalue weighted by atomic mass is 16.5. The first kappa shape index (κ1) is 20.3. The average Bonchev–Trinajstić information content (AvgIpc) is 2.69. The number of Topliss-reactive ketones (excluding diaryl/α,β-unsaturated/α-hetero) is 1. The molecule has 0 aliphatic heterocycles. The molecule has 0 spiro atoms. The maximum Gasteiger partial charge on any atom is 0.338 e. The topological polar surface area (TPSA) is 71.1 Å². The van der Waals surface area contributed by atoms with Crippen molar-refractivity contribution in [2.75, 3.05) is 27.4 Å². The van der Waals surface area contributed by atoms with Gasteiger partial charge in [-0.3, -0.25) is 4.79 Å². The number of rotatable bonds is 9. The van der Waals surface area contributed by atoms with Gasteiger partial charge in [-0.15, -0.1) is 0 Å². The number of methoxy groups -OCH3 is 2. The quantitative estimate of drug-likeness (QED) is 0.493. The van der Waals surface area contributed by atoms with Crippen molar-refractivity contribution in [3.63, 3.8) is 0 Å². The van der Waals surface area contributed by atoms with E-state index in [9.17, 15) is 9.59 Å². The zero-order chi connectivity index (χ0) is 19.8. The van der Waals surface area contributed by atoms with Crippen molar-refractivity contribution in [3.05, 3.63) is 53.6 Å². The Morgan fingerprint density at radius 1 is 0.926 bits per heavy atom. The molecule has 0 fully saturated rings. The normalized spacial score (nSPS) is 10.4. The van der Waals surface area contributed by atoms with E-state index in [1.165, 1.54) is 14.2 Å². The first-order valence-corrected chi connectivity index (χ1v) is 8.59. The van der Waals surface area contributed by atoms with Gasteiger partial charge in [-0.25, -0.2) is 4.79 Å². The van der Waals surface area contributed by atoms with Crippen LogP contribution in [0.4, 0.5) is 0 Å². The summed E-state index contributed by atoms with van der Waals surface area (Å²) in [5.74, 6) is 0.994. The lowest BCUT2D eigenvalue weighted by atomic mass is 10.1. The summed E-state index contributed by atoms with van der Waals surface area (Å²) in [4.78, 5) is 24.5. The summed E-state index contributed by atoms with van der Waals surface area (Å²) in [6.45, 7) is 4.26. The molecule has 2 aromatic rings. The SMILES string of the molecule is COc1ccc(C(=O)COC(=O)c2cccc(OCC(C)C)c2)cc1OC. The molecule has 0 aliphatic carbocycles. The van der Waals surface area contributed by atoms with Gasteiger partial charge in [0.25, 0.3) is 0 Å². The maximum absolute atomic E-state index is 12.3. The molecule has 0 aromatic heterocycles. The van der Waals surface area contributed by atoms with Crippen molar-refractivity contribution in [1.29, 1.82) is 0 Å². The van der Waals surface area contributed by atoms with Crippen molar-refractivity contribution in [2.45, 2.75) is 13.8 Å². The molecule has 6 nitrogen and oxygen atoms in total. The molecular formula is C21H24O6. The van der Waals surface area contributed by atoms with Gasteiger partial charge in [-0.1, -0.05) is 19.9 Å². The van der Waals surface area contributed by atoms with Crippen LogP contribution in [0.25, 0.3) is 0 Å². The van der Waals surface area contributed by atoms with E-state index < -0.39 is 5.97 Å². The van der Waals surface area contributed by atoms with Gasteiger partial charge < -0.3 is 18.9 Å². The van der Waals surface area contributed by atoms with Crippen molar-refractivity contribution >= 4 is 11.8 Å². The Labute approximate surface area is 159 Å². The first-order valence-electron chi connectivity index (χ1n) is 8.59. The number of hydrogen-bond acceptors (Lipinski definition) is 6. The molecule has 0 N–H and O–H groups in total. The summed E-state index contributed by atoms with van der Waals surface area (Å²) in [6, 6.07) is 11.5. The van der Waals surface area contributed by atoms with E-state index in [-0.39, 0.29) is 12.4 Å². The van der Waals surface area contributed by atoms with Crippen LogP contribution in [0.1, 0.15) is 34.6 Å². The Morgan fingerprint density at radius 2 is 1.67 bits per heavy atom. The molecule has 0 amide bonds. The van der Waals surface area contributed by atoms with E-state index >= 15 is 0 Å². The van der Waals surface area contributed by atoms with E-state index in [1.807, 2.05) is 13.8 Å². The van der Waals surface area contributed by atoms with Crippen LogP contribution in [0.5, 0.6) is 17.2 Å². The van der Waals surface area contributed by atoms with Gasteiger partial charge >= 0.3 is 5.97 Å². The number of carbonyl (C=O) groups excluding carboxylic acids is 2. The van der Waals surface area contributed by atoms with Gasteiger partial charge in [0.15, 0.2) is 23.9 Å². The minimum absolute atomic E-state index is 0.330. The highest BCUT2D eigenvalue weighted by Gasteiger charge is 2.15. The molecule has 27 heavy (non-hydrogen) atoms. The smallest absolute Gasteiger partial charge is 0.338 e. The molecule has 0 saturated carbocycles. The summed E-state index contributed by atoms with van der Waals surface area (Å²) in [7, 11) is 3.00. The Bertz CT molecular complexity index is 797. The molecule has 6 heteroatoms. The lowest BCUT2D eigenvalue weighted by Crippen LogP contribution is -2.14. The van der Waals surface area contributed by atoms with E-state index in [4.69, 9.17) is 18.9 Å². The van der Waals surface area contributed by atoms with Gasteiger partial charge in [0.2, 0.25) is 0 Å². The number of benzene rings is 2. The van der Waals surface area contributed by atoms with E-state index in [1.54, 1.807) is 42.5 Å². The number of hydrogen-bond donors (Lipinski definition) is 0. The Hall–Kier alpha value is -3.02. The molecular weight excluding hydrogens is 348 g/mol. The molecule has 0 aliphatic rings. The van der Waals surface area contributed by atoms with Gasteiger partial charge in [0.1, 0.15) is 5.75 Å². The summed E-state index contributed by atoms with van der Waals surface area (Å²) in [5, 5.41) is 0. The molecule has 0 radical (unpaired) electrons. The average molecular weight is 372 g/mol. The van der Waals surface area contributed by atoms with Crippen molar-refractivity contribution in [3.8, 4) is 17.2 Å². The van der Waals surface area contributed by atoms with Crippen LogP contribution in [0, 0.1) is 5.92 Å². The predicted octanol–water partition coefficient (Wildman–Crippen LogP) is 3.78. The fraction of sp³-hybridized carbons (Fsp3) is 0.333. The molecule has 2 rings (SSSR count). The van der Waals surface area contributed by atoms with E-state index in [0.29, 0.717) is 40.9 Å². The monoisotopic (exact) mass is 372 g/mol. The molecule has 2 aromatic carbocycles. The third kappa shape index (κ3) is 5.74. The summed E-state index contributed by atoms with van der Waals surface area (Å²) in [5.41, 5.74) is 0.700. The molecule has 0 bridgehead atoms. The molecule has 0 unspecified atom stereocenters. The van der Waals surface area contributed by atoms with Crippen LogP contribution >= 0.6 is 0 Å². The minimum Gasteiger partial charge on any atom is -0.493 e. The second-order valence-corrected chi connectivity index (χ2v) is 6.30. The maximum atomic E-state index is 12.3.